The monoisotopic (exact) mass is 585 g/mol. The van der Waals surface area contributed by atoms with Gasteiger partial charge >= 0.3 is 0 Å². The third-order valence-electron chi connectivity index (χ3n) is 9.73. The van der Waals surface area contributed by atoms with Crippen LogP contribution in [0.5, 0.6) is 0 Å². The number of hydrogen-bond donors (Lipinski definition) is 0. The first kappa shape index (κ1) is 24.1. The number of fused-ring (bicyclic) bond motifs is 8. The van der Waals surface area contributed by atoms with E-state index in [9.17, 15) is 0 Å². The minimum Gasteiger partial charge on any atom is -0.456 e. The summed E-state index contributed by atoms with van der Waals surface area (Å²) in [6.45, 7) is 0. The summed E-state index contributed by atoms with van der Waals surface area (Å²) in [4.78, 5) is 10.6. The van der Waals surface area contributed by atoms with Crippen LogP contribution in [0.1, 0.15) is 0 Å². The van der Waals surface area contributed by atoms with Gasteiger partial charge in [-0.05, 0) is 45.7 Å². The summed E-state index contributed by atoms with van der Waals surface area (Å²) in [6, 6.07) is 49.2. The van der Waals surface area contributed by atoms with Crippen LogP contribution in [0.15, 0.2) is 144 Å². The largest absolute Gasteiger partial charge is 0.456 e. The van der Waals surface area contributed by atoms with E-state index >= 15 is 0 Å². The first-order valence-corrected chi connectivity index (χ1v) is 15.6. The molecule has 0 radical (unpaired) electrons. The van der Waals surface area contributed by atoms with Crippen molar-refractivity contribution in [2.45, 2.75) is 0 Å². The normalized spacial score (nSPS) is 12.3. The minimum atomic E-state index is 0.643. The molecule has 212 valence electrons. The van der Waals surface area contributed by atoms with Gasteiger partial charge in [-0.2, -0.15) is 0 Å². The molecule has 0 saturated carbocycles. The summed E-state index contributed by atoms with van der Waals surface area (Å²) in [5, 5.41) is 8.19. The molecule has 0 spiro atoms. The van der Waals surface area contributed by atoms with E-state index in [2.05, 4.69) is 126 Å². The molecule has 3 heterocycles. The number of aromatic nitrogens is 3. The molecule has 4 nitrogen and oxygen atoms in total. The van der Waals surface area contributed by atoms with Crippen molar-refractivity contribution in [1.29, 1.82) is 0 Å². The molecule has 0 fully saturated rings. The Morgan fingerprint density at radius 3 is 2.15 bits per heavy atom. The molecule has 0 amide bonds. The molecule has 0 bridgehead atoms. The molecule has 11 rings (SSSR count). The minimum absolute atomic E-state index is 0.643. The molecule has 0 saturated heterocycles. The van der Waals surface area contributed by atoms with Gasteiger partial charge in [-0.3, -0.25) is 4.57 Å². The Hall–Kier alpha value is -6.26. The fourth-order valence-electron chi connectivity index (χ4n) is 7.87. The number of para-hydroxylation sites is 2. The smallest absolute Gasteiger partial charge is 0.235 e. The van der Waals surface area contributed by atoms with Crippen LogP contribution in [0.25, 0.3) is 105 Å². The molecule has 4 heteroatoms. The van der Waals surface area contributed by atoms with E-state index in [1.54, 1.807) is 0 Å². The molecule has 7 aromatic carbocycles. The zero-order chi connectivity index (χ0) is 29.9. The van der Waals surface area contributed by atoms with Gasteiger partial charge in [0.15, 0.2) is 0 Å². The molecule has 0 N–H and O–H groups in total. The Morgan fingerprint density at radius 2 is 1.24 bits per heavy atom. The van der Waals surface area contributed by atoms with E-state index in [-0.39, 0.29) is 0 Å². The number of rotatable bonds is 2. The highest BCUT2D eigenvalue weighted by Gasteiger charge is 2.29. The molecule has 0 unspecified atom stereocenters. The van der Waals surface area contributed by atoms with E-state index in [1.807, 2.05) is 18.2 Å². The van der Waals surface area contributed by atoms with Crippen molar-refractivity contribution in [2.24, 2.45) is 0 Å². The van der Waals surface area contributed by atoms with Crippen LogP contribution in [-0.2, 0) is 0 Å². The van der Waals surface area contributed by atoms with Crippen LogP contribution in [0, 0.1) is 0 Å². The molecular formula is C42H23N3O. The van der Waals surface area contributed by atoms with E-state index in [0.29, 0.717) is 5.95 Å². The van der Waals surface area contributed by atoms with Gasteiger partial charge in [0.1, 0.15) is 11.2 Å². The van der Waals surface area contributed by atoms with Gasteiger partial charge < -0.3 is 4.42 Å². The lowest BCUT2D eigenvalue weighted by molar-refractivity contribution is 0.669. The van der Waals surface area contributed by atoms with E-state index in [0.717, 1.165) is 55.1 Å². The highest BCUT2D eigenvalue weighted by Crippen LogP contribution is 2.53. The summed E-state index contributed by atoms with van der Waals surface area (Å²) in [7, 11) is 0. The second kappa shape index (κ2) is 8.68. The van der Waals surface area contributed by atoms with Gasteiger partial charge in [-0.15, -0.1) is 0 Å². The molecule has 46 heavy (non-hydrogen) atoms. The average molecular weight is 586 g/mol. The molecule has 1 aliphatic rings. The topological polar surface area (TPSA) is 43.9 Å². The van der Waals surface area contributed by atoms with Gasteiger partial charge in [0.2, 0.25) is 5.95 Å². The predicted molar refractivity (Wildman–Crippen MR) is 189 cm³/mol. The quantitative estimate of drug-likeness (QED) is 0.203. The number of nitrogens with zero attached hydrogens (tertiary/aromatic N) is 3. The molecular weight excluding hydrogens is 562 g/mol. The van der Waals surface area contributed by atoms with Crippen LogP contribution >= 0.6 is 0 Å². The lowest BCUT2D eigenvalue weighted by Gasteiger charge is -2.15. The van der Waals surface area contributed by atoms with Crippen LogP contribution in [-0.4, -0.2) is 14.5 Å². The lowest BCUT2D eigenvalue weighted by Crippen LogP contribution is -2.03. The third kappa shape index (κ3) is 3.03. The first-order valence-electron chi connectivity index (χ1n) is 15.6. The maximum Gasteiger partial charge on any atom is 0.235 e. The Labute approximate surface area is 262 Å². The van der Waals surface area contributed by atoms with Crippen molar-refractivity contribution >= 4 is 65.4 Å². The van der Waals surface area contributed by atoms with E-state index in [1.165, 1.54) is 43.8 Å². The van der Waals surface area contributed by atoms with Gasteiger partial charge in [0, 0.05) is 44.1 Å². The van der Waals surface area contributed by atoms with Crippen LogP contribution < -0.4 is 0 Å². The average Bonchev–Trinajstić information content (AvgIpc) is 3.61. The zero-order valence-electron chi connectivity index (χ0n) is 24.5. The summed E-state index contributed by atoms with van der Waals surface area (Å²) in [5.41, 5.74) is 11.6. The van der Waals surface area contributed by atoms with Crippen molar-refractivity contribution in [2.75, 3.05) is 0 Å². The molecule has 3 aromatic heterocycles. The SMILES string of the molecule is c1ccc(-c2nc(-n3c4cc5oc6ccccc6c5c5c4c4c6c(cccc6ccc43)-c3ccccc3-5)nc3ccccc23)cc1. The fourth-order valence-corrected chi connectivity index (χ4v) is 7.87. The van der Waals surface area contributed by atoms with Gasteiger partial charge in [-0.1, -0.05) is 115 Å². The van der Waals surface area contributed by atoms with Crippen molar-refractivity contribution in [3.63, 3.8) is 0 Å². The molecule has 0 atom stereocenters. The zero-order valence-corrected chi connectivity index (χ0v) is 24.5. The van der Waals surface area contributed by atoms with Crippen molar-refractivity contribution < 1.29 is 4.42 Å². The van der Waals surface area contributed by atoms with Crippen molar-refractivity contribution in [3.05, 3.63) is 140 Å². The molecule has 1 aliphatic carbocycles. The summed E-state index contributed by atoms with van der Waals surface area (Å²) in [5.74, 6) is 0.643. The maximum atomic E-state index is 6.64. The van der Waals surface area contributed by atoms with Crippen LogP contribution in [0.3, 0.4) is 0 Å². The van der Waals surface area contributed by atoms with E-state index in [4.69, 9.17) is 14.4 Å². The van der Waals surface area contributed by atoms with Crippen LogP contribution in [0.4, 0.5) is 0 Å². The predicted octanol–water partition coefficient (Wildman–Crippen LogP) is 11.1. The molecule has 10 aromatic rings. The Morgan fingerprint density at radius 1 is 0.478 bits per heavy atom. The highest BCUT2D eigenvalue weighted by molar-refractivity contribution is 6.35. The summed E-state index contributed by atoms with van der Waals surface area (Å²) < 4.78 is 8.89. The van der Waals surface area contributed by atoms with Crippen LogP contribution in [0.2, 0.25) is 0 Å². The van der Waals surface area contributed by atoms with Gasteiger partial charge in [0.25, 0.3) is 0 Å². The van der Waals surface area contributed by atoms with Gasteiger partial charge in [0.05, 0.1) is 22.2 Å². The summed E-state index contributed by atoms with van der Waals surface area (Å²) in [6.07, 6.45) is 0. The second-order valence-corrected chi connectivity index (χ2v) is 12.1. The third-order valence-corrected chi connectivity index (χ3v) is 9.73. The second-order valence-electron chi connectivity index (χ2n) is 12.1. The van der Waals surface area contributed by atoms with Gasteiger partial charge in [-0.25, -0.2) is 9.97 Å². The number of furan rings is 1. The fraction of sp³-hybridized carbons (Fsp3) is 0. The Kier molecular flexibility index (Phi) is 4.55. The first-order chi connectivity index (χ1) is 22.8. The summed E-state index contributed by atoms with van der Waals surface area (Å²) >= 11 is 0. The number of hydrogen-bond acceptors (Lipinski definition) is 3. The lowest BCUT2D eigenvalue weighted by atomic mass is 9.91. The highest BCUT2D eigenvalue weighted by atomic mass is 16.3. The Balaban J connectivity index is 1.41. The van der Waals surface area contributed by atoms with E-state index < -0.39 is 0 Å². The maximum absolute atomic E-state index is 6.64. The molecule has 0 aliphatic heterocycles. The Bertz CT molecular complexity index is 2910. The number of benzene rings is 7. The van der Waals surface area contributed by atoms with Crippen molar-refractivity contribution in [3.8, 4) is 39.5 Å². The standard InChI is InChI=1S/C42H23N3O/c1-2-11-25(12-3-1)41-29-16-6-8-19-31(29)43-42(44-41)45-32-22-21-24-13-10-18-27-26-14-4-5-15-28(26)38-37-30-17-7-9-20-34(30)46-35(37)23-33(45)40(38)39(32)36(24)27/h1-23H. The van der Waals surface area contributed by atoms with Crippen molar-refractivity contribution in [1.82, 2.24) is 14.5 Å².